The molecule has 0 spiro atoms. The normalized spacial score (nSPS) is 17.8. The van der Waals surface area contributed by atoms with E-state index in [9.17, 15) is 12.8 Å². The average Bonchev–Trinajstić information content (AvgIpc) is 1.57. The van der Waals surface area contributed by atoms with Crippen molar-refractivity contribution >= 4 is 35.1 Å². The third-order valence-electron chi connectivity index (χ3n) is 0.284. The monoisotopic (exact) mass is 215 g/mol. The number of nitrogens with zero attached hydrogens (tertiary/aromatic N) is 1. The van der Waals surface area contributed by atoms with Crippen molar-refractivity contribution in [3.63, 3.8) is 0 Å². The van der Waals surface area contributed by atoms with Crippen molar-refractivity contribution in [3.8, 4) is 0 Å². The molecule has 0 bridgehead atoms. The zero-order valence-electron chi connectivity index (χ0n) is 4.69. The minimum atomic E-state index is -5.71. The second-order valence-corrected chi connectivity index (χ2v) is 6.35. The molecular weight excluding hydrogens is 213 g/mol. The van der Waals surface area contributed by atoms with E-state index in [1.54, 1.807) is 0 Å². The van der Waals surface area contributed by atoms with E-state index in [1.807, 2.05) is 0 Å². The van der Waals surface area contributed by atoms with Gasteiger partial charge in [-0.25, -0.2) is 0 Å². The van der Waals surface area contributed by atoms with Crippen LogP contribution in [0, 0.1) is 0 Å². The zero-order valence-corrected chi connectivity index (χ0v) is 7.10. The summed E-state index contributed by atoms with van der Waals surface area (Å²) in [6.45, 7) is -5.38. The van der Waals surface area contributed by atoms with Crippen LogP contribution in [0.1, 0.15) is 0 Å². The van der Waals surface area contributed by atoms with Gasteiger partial charge in [-0.1, -0.05) is 0 Å². The summed E-state index contributed by atoms with van der Waals surface area (Å²) in [5, 5.41) is 2.16. The van der Waals surface area contributed by atoms with Gasteiger partial charge < -0.3 is 0 Å². The van der Waals surface area contributed by atoms with Crippen LogP contribution in [0.15, 0.2) is 5.16 Å². The SMILES string of the molecule is CP(F)(F)(Cl)ON=C(F)Cl. The molecule has 0 aromatic carbocycles. The summed E-state index contributed by atoms with van der Waals surface area (Å²) in [6.07, 6.45) is 0. The van der Waals surface area contributed by atoms with Crippen LogP contribution >= 0.6 is 29.6 Å². The Hall–Kier alpha value is 0.270. The van der Waals surface area contributed by atoms with Crippen LogP contribution in [0.5, 0.6) is 0 Å². The number of oxime groups is 1. The predicted molar refractivity (Wildman–Crippen MR) is 36.4 cm³/mol. The number of halogens is 5. The van der Waals surface area contributed by atoms with Crippen molar-refractivity contribution in [2.75, 3.05) is 6.66 Å². The number of hydrogen-bond donors (Lipinski definition) is 0. The Balaban J connectivity index is 4.06. The Morgan fingerprint density at radius 3 is 2.10 bits per heavy atom. The standard InChI is InChI=1S/C2H3Cl2F3NOP/c1-10(4,6,7)9-8-2(3)5/h1H3. The number of hydrogen-bond acceptors (Lipinski definition) is 2. The van der Waals surface area contributed by atoms with E-state index in [1.165, 1.54) is 0 Å². The van der Waals surface area contributed by atoms with E-state index in [4.69, 9.17) is 0 Å². The Labute approximate surface area is 65.0 Å². The Morgan fingerprint density at radius 2 is 2.00 bits per heavy atom. The number of rotatable bonds is 2. The molecule has 0 saturated carbocycles. The van der Waals surface area contributed by atoms with Crippen LogP contribution in [-0.2, 0) is 4.62 Å². The van der Waals surface area contributed by atoms with Gasteiger partial charge in [-0.3, -0.25) is 0 Å². The quantitative estimate of drug-likeness (QED) is 0.393. The fourth-order valence-electron chi connectivity index (χ4n) is 0.118. The third kappa shape index (κ3) is 8.27. The summed E-state index contributed by atoms with van der Waals surface area (Å²) in [5.41, 5.74) is -1.62. The van der Waals surface area contributed by atoms with Gasteiger partial charge in [0, 0.05) is 0 Å². The van der Waals surface area contributed by atoms with Crippen molar-refractivity contribution < 1.29 is 17.4 Å². The topological polar surface area (TPSA) is 21.6 Å². The third-order valence-corrected chi connectivity index (χ3v) is 0.968. The molecule has 0 heterocycles. The molecule has 0 aliphatic carbocycles. The summed E-state index contributed by atoms with van der Waals surface area (Å²) in [6, 6.07) is 0. The van der Waals surface area contributed by atoms with E-state index in [-0.39, 0.29) is 0 Å². The summed E-state index contributed by atoms with van der Waals surface area (Å²) < 4.78 is 39.0. The summed E-state index contributed by atoms with van der Waals surface area (Å²) in [5.74, 6) is 0. The Bertz CT molecular complexity index is 152. The molecule has 0 aliphatic rings. The molecule has 2 nitrogen and oxygen atoms in total. The van der Waals surface area contributed by atoms with E-state index in [0.29, 0.717) is 6.66 Å². The van der Waals surface area contributed by atoms with Gasteiger partial charge in [0.05, 0.1) is 0 Å². The van der Waals surface area contributed by atoms with Gasteiger partial charge in [-0.15, -0.1) is 0 Å². The van der Waals surface area contributed by atoms with Crippen molar-refractivity contribution in [2.45, 2.75) is 0 Å². The summed E-state index contributed by atoms with van der Waals surface area (Å²) in [7, 11) is 0. The van der Waals surface area contributed by atoms with Gasteiger partial charge in [0.1, 0.15) is 0 Å². The molecule has 0 aromatic heterocycles. The molecule has 0 fully saturated rings. The first kappa shape index (κ1) is 10.3. The first-order valence-corrected chi connectivity index (χ1v) is 5.59. The van der Waals surface area contributed by atoms with Crippen LogP contribution in [0.2, 0.25) is 0 Å². The van der Waals surface area contributed by atoms with Crippen LogP contribution in [-0.4, -0.2) is 12.1 Å². The predicted octanol–water partition coefficient (Wildman–Crippen LogP) is 3.50. The van der Waals surface area contributed by atoms with Gasteiger partial charge in [0.2, 0.25) is 0 Å². The molecule has 0 aliphatic heterocycles. The van der Waals surface area contributed by atoms with Crippen LogP contribution in [0.4, 0.5) is 12.8 Å². The molecule has 10 heavy (non-hydrogen) atoms. The van der Waals surface area contributed by atoms with Crippen molar-refractivity contribution in [2.24, 2.45) is 5.16 Å². The summed E-state index contributed by atoms with van der Waals surface area (Å²) in [4.78, 5) is 0. The molecule has 8 heteroatoms. The van der Waals surface area contributed by atoms with E-state index >= 15 is 0 Å². The van der Waals surface area contributed by atoms with Crippen molar-refractivity contribution in [1.82, 2.24) is 0 Å². The molecule has 0 amide bonds. The molecule has 0 rings (SSSR count). The molecule has 0 N–H and O–H groups in total. The van der Waals surface area contributed by atoms with Gasteiger partial charge in [-0.2, -0.15) is 0 Å². The molecule has 0 radical (unpaired) electrons. The molecule has 0 aromatic rings. The molecule has 0 saturated heterocycles. The first-order chi connectivity index (χ1) is 4.17. The van der Waals surface area contributed by atoms with E-state index in [0.717, 1.165) is 0 Å². The molecule has 0 unspecified atom stereocenters. The molecule has 62 valence electrons. The molecular formula is C2H3Cl2F3NOP. The Morgan fingerprint density at radius 1 is 1.60 bits per heavy atom. The van der Waals surface area contributed by atoms with Gasteiger partial charge in [0.25, 0.3) is 0 Å². The van der Waals surface area contributed by atoms with E-state index in [2.05, 4.69) is 32.6 Å². The average molecular weight is 216 g/mol. The maximum absolute atomic E-state index is 12.1. The van der Waals surface area contributed by atoms with Gasteiger partial charge >= 0.3 is 64.3 Å². The summed E-state index contributed by atoms with van der Waals surface area (Å²) >= 11 is 8.91. The second-order valence-electron chi connectivity index (χ2n) is 1.50. The van der Waals surface area contributed by atoms with Crippen LogP contribution in [0.25, 0.3) is 0 Å². The van der Waals surface area contributed by atoms with Crippen molar-refractivity contribution in [3.05, 3.63) is 0 Å². The van der Waals surface area contributed by atoms with Crippen LogP contribution in [0.3, 0.4) is 0 Å². The van der Waals surface area contributed by atoms with Crippen LogP contribution < -0.4 is 0 Å². The fourth-order valence-corrected chi connectivity index (χ4v) is 0.539. The maximum atomic E-state index is 12.1. The zero-order chi connectivity index (χ0) is 8.44. The molecule has 0 atom stereocenters. The van der Waals surface area contributed by atoms with Gasteiger partial charge in [0.15, 0.2) is 0 Å². The minimum absolute atomic E-state index is 0.330. The van der Waals surface area contributed by atoms with Gasteiger partial charge in [-0.05, 0) is 0 Å². The van der Waals surface area contributed by atoms with Crippen molar-refractivity contribution in [1.29, 1.82) is 0 Å². The fraction of sp³-hybridized carbons (Fsp3) is 0.500. The second kappa shape index (κ2) is 2.72. The first-order valence-electron chi connectivity index (χ1n) is 1.92. The van der Waals surface area contributed by atoms with E-state index < -0.39 is 12.2 Å². The Kier molecular flexibility index (Phi) is 2.79.